The molecule has 18 heavy (non-hydrogen) atoms. The first kappa shape index (κ1) is 13.3. The molecule has 0 aromatic carbocycles. The van der Waals surface area contributed by atoms with Crippen molar-refractivity contribution < 1.29 is 0 Å². The number of nitrogens with zero attached hydrogens (tertiary/aromatic N) is 2. The van der Waals surface area contributed by atoms with Crippen LogP contribution in [-0.4, -0.2) is 18.6 Å². The number of anilines is 1. The topological polar surface area (TPSA) is 42.1 Å². The predicted molar refractivity (Wildman–Crippen MR) is 76.7 cm³/mol. The minimum atomic E-state index is 0.0164. The van der Waals surface area contributed by atoms with Gasteiger partial charge in [-0.1, -0.05) is 19.3 Å². The third kappa shape index (κ3) is 3.45. The monoisotopic (exact) mass is 247 g/mol. The van der Waals surface area contributed by atoms with Crippen molar-refractivity contribution >= 4 is 5.69 Å². The number of hydrogen-bond acceptors (Lipinski definition) is 3. The van der Waals surface area contributed by atoms with Crippen LogP contribution in [0.2, 0.25) is 0 Å². The molecule has 1 aromatic rings. The summed E-state index contributed by atoms with van der Waals surface area (Å²) < 4.78 is 0. The summed E-state index contributed by atoms with van der Waals surface area (Å²) >= 11 is 0. The van der Waals surface area contributed by atoms with Crippen molar-refractivity contribution in [2.75, 3.05) is 18.5 Å². The van der Waals surface area contributed by atoms with Gasteiger partial charge in [0.1, 0.15) is 0 Å². The second kappa shape index (κ2) is 6.19. The molecule has 1 aliphatic rings. The smallest absolute Gasteiger partial charge is 0.0569 e. The zero-order valence-electron chi connectivity index (χ0n) is 11.6. The van der Waals surface area contributed by atoms with Crippen LogP contribution in [0.15, 0.2) is 18.3 Å². The van der Waals surface area contributed by atoms with Gasteiger partial charge in [0, 0.05) is 19.6 Å². The second-order valence-electron chi connectivity index (χ2n) is 5.61. The molecule has 0 spiro atoms. The summed E-state index contributed by atoms with van der Waals surface area (Å²) in [6, 6.07) is 4.19. The van der Waals surface area contributed by atoms with Gasteiger partial charge in [-0.25, -0.2) is 0 Å². The first-order valence-corrected chi connectivity index (χ1v) is 7.09. The minimum absolute atomic E-state index is 0.0164. The summed E-state index contributed by atoms with van der Waals surface area (Å²) in [4.78, 5) is 6.75. The summed E-state index contributed by atoms with van der Waals surface area (Å²) in [6.07, 6.45) is 8.94. The van der Waals surface area contributed by atoms with Gasteiger partial charge in [0.15, 0.2) is 0 Å². The second-order valence-corrected chi connectivity index (χ2v) is 5.61. The molecule has 0 radical (unpaired) electrons. The summed E-state index contributed by atoms with van der Waals surface area (Å²) in [5, 5.41) is 0. The average molecular weight is 247 g/mol. The average Bonchev–Trinajstić information content (AvgIpc) is 2.40. The van der Waals surface area contributed by atoms with Gasteiger partial charge in [-0.15, -0.1) is 0 Å². The molecule has 0 aliphatic heterocycles. The zero-order chi connectivity index (χ0) is 13.0. The standard InChI is InChI=1S/C15H25N3/c1-12(16)15-9-8-14(10-17-15)18(2)11-13-6-4-3-5-7-13/h8-10,12-13H,3-7,11,16H2,1-2H3/t12-/m1/s1. The van der Waals surface area contributed by atoms with Crippen LogP contribution in [0.25, 0.3) is 0 Å². The van der Waals surface area contributed by atoms with Crippen molar-refractivity contribution in [3.63, 3.8) is 0 Å². The van der Waals surface area contributed by atoms with Gasteiger partial charge >= 0.3 is 0 Å². The van der Waals surface area contributed by atoms with E-state index in [0.717, 1.165) is 18.2 Å². The lowest BCUT2D eigenvalue weighted by molar-refractivity contribution is 0.362. The van der Waals surface area contributed by atoms with Crippen LogP contribution >= 0.6 is 0 Å². The Balaban J connectivity index is 1.93. The molecular weight excluding hydrogens is 222 g/mol. The molecule has 0 unspecified atom stereocenters. The normalized spacial score (nSPS) is 18.6. The summed E-state index contributed by atoms with van der Waals surface area (Å²) in [6.45, 7) is 3.12. The van der Waals surface area contributed by atoms with Crippen molar-refractivity contribution in [1.29, 1.82) is 0 Å². The summed E-state index contributed by atoms with van der Waals surface area (Å²) in [5.41, 5.74) is 7.98. The Kier molecular flexibility index (Phi) is 4.59. The number of pyridine rings is 1. The summed E-state index contributed by atoms with van der Waals surface area (Å²) in [5.74, 6) is 0.858. The van der Waals surface area contributed by atoms with E-state index in [9.17, 15) is 0 Å². The highest BCUT2D eigenvalue weighted by atomic mass is 15.1. The number of nitrogens with two attached hydrogens (primary N) is 1. The maximum Gasteiger partial charge on any atom is 0.0569 e. The number of hydrogen-bond donors (Lipinski definition) is 1. The Morgan fingerprint density at radius 2 is 2.06 bits per heavy atom. The van der Waals surface area contributed by atoms with Gasteiger partial charge in [0.25, 0.3) is 0 Å². The largest absolute Gasteiger partial charge is 0.373 e. The first-order valence-electron chi connectivity index (χ1n) is 7.09. The molecule has 1 aliphatic carbocycles. The Morgan fingerprint density at radius 3 is 2.61 bits per heavy atom. The summed E-state index contributed by atoms with van der Waals surface area (Å²) in [7, 11) is 2.16. The van der Waals surface area contributed by atoms with Gasteiger partial charge in [-0.3, -0.25) is 4.98 Å². The van der Waals surface area contributed by atoms with Crippen LogP contribution in [0.3, 0.4) is 0 Å². The van der Waals surface area contributed by atoms with Crippen molar-refractivity contribution in [2.24, 2.45) is 11.7 Å². The molecule has 1 heterocycles. The van der Waals surface area contributed by atoms with Crippen LogP contribution in [0.4, 0.5) is 5.69 Å². The van der Waals surface area contributed by atoms with Crippen molar-refractivity contribution in [2.45, 2.75) is 45.1 Å². The molecule has 3 nitrogen and oxygen atoms in total. The van der Waals surface area contributed by atoms with Crippen LogP contribution in [0, 0.1) is 5.92 Å². The maximum absolute atomic E-state index is 5.81. The highest BCUT2D eigenvalue weighted by Crippen LogP contribution is 2.25. The predicted octanol–water partition coefficient (Wildman–Crippen LogP) is 3.12. The number of rotatable bonds is 4. The third-order valence-electron chi connectivity index (χ3n) is 3.93. The van der Waals surface area contributed by atoms with E-state index in [1.165, 1.54) is 37.8 Å². The number of aromatic nitrogens is 1. The fraction of sp³-hybridized carbons (Fsp3) is 0.667. The van der Waals surface area contributed by atoms with Gasteiger partial charge in [-0.2, -0.15) is 0 Å². The quantitative estimate of drug-likeness (QED) is 0.889. The van der Waals surface area contributed by atoms with Crippen LogP contribution in [0.1, 0.15) is 50.8 Å². The van der Waals surface area contributed by atoms with Crippen molar-refractivity contribution in [3.8, 4) is 0 Å². The van der Waals surface area contributed by atoms with Crippen LogP contribution < -0.4 is 10.6 Å². The lowest BCUT2D eigenvalue weighted by Gasteiger charge is -2.28. The molecule has 1 atom stereocenters. The van der Waals surface area contributed by atoms with Gasteiger partial charge in [-0.05, 0) is 37.8 Å². The van der Waals surface area contributed by atoms with Gasteiger partial charge in [0.05, 0.1) is 17.6 Å². The Morgan fingerprint density at radius 1 is 1.33 bits per heavy atom. The molecule has 0 amide bonds. The Bertz CT molecular complexity index is 353. The minimum Gasteiger partial charge on any atom is -0.373 e. The van der Waals surface area contributed by atoms with E-state index in [1.807, 2.05) is 19.2 Å². The molecule has 100 valence electrons. The van der Waals surface area contributed by atoms with Crippen molar-refractivity contribution in [3.05, 3.63) is 24.0 Å². The SMILES string of the molecule is C[C@@H](N)c1ccc(N(C)CC2CCCCC2)cn1. The fourth-order valence-electron chi connectivity index (χ4n) is 2.76. The Labute approximate surface area is 110 Å². The van der Waals surface area contributed by atoms with Crippen LogP contribution in [-0.2, 0) is 0 Å². The van der Waals surface area contributed by atoms with E-state index in [-0.39, 0.29) is 6.04 Å². The van der Waals surface area contributed by atoms with E-state index in [1.54, 1.807) is 0 Å². The van der Waals surface area contributed by atoms with Crippen molar-refractivity contribution in [1.82, 2.24) is 4.98 Å². The Hall–Kier alpha value is -1.09. The maximum atomic E-state index is 5.81. The van der Waals surface area contributed by atoms with Crippen LogP contribution in [0.5, 0.6) is 0 Å². The van der Waals surface area contributed by atoms with Gasteiger partial charge in [0.2, 0.25) is 0 Å². The molecule has 1 aromatic heterocycles. The molecule has 0 bridgehead atoms. The van der Waals surface area contributed by atoms with Gasteiger partial charge < -0.3 is 10.6 Å². The molecule has 0 saturated heterocycles. The highest BCUT2D eigenvalue weighted by molar-refractivity contribution is 5.43. The molecule has 3 heteroatoms. The zero-order valence-corrected chi connectivity index (χ0v) is 11.6. The molecule has 1 saturated carbocycles. The van der Waals surface area contributed by atoms with E-state index >= 15 is 0 Å². The highest BCUT2D eigenvalue weighted by Gasteiger charge is 2.15. The lowest BCUT2D eigenvalue weighted by Crippen LogP contribution is -2.27. The molecular formula is C15H25N3. The first-order chi connectivity index (χ1) is 8.66. The van der Waals surface area contributed by atoms with E-state index in [2.05, 4.69) is 23.0 Å². The molecule has 1 fully saturated rings. The van der Waals surface area contributed by atoms with E-state index in [4.69, 9.17) is 5.73 Å². The van der Waals surface area contributed by atoms with E-state index < -0.39 is 0 Å². The lowest BCUT2D eigenvalue weighted by atomic mass is 9.89. The fourth-order valence-corrected chi connectivity index (χ4v) is 2.76. The third-order valence-corrected chi connectivity index (χ3v) is 3.93. The molecule has 2 rings (SSSR count). The van der Waals surface area contributed by atoms with E-state index in [0.29, 0.717) is 0 Å². The molecule has 2 N–H and O–H groups in total.